The fourth-order valence-corrected chi connectivity index (χ4v) is 0.748. The van der Waals surface area contributed by atoms with Crippen molar-refractivity contribution in [2.75, 3.05) is 0 Å². The molecular weight excluding hydrogens is 180 g/mol. The van der Waals surface area contributed by atoms with E-state index in [0.29, 0.717) is 0 Å². The van der Waals surface area contributed by atoms with Gasteiger partial charge >= 0.3 is 11.7 Å². The second-order valence-corrected chi connectivity index (χ2v) is 2.09. The van der Waals surface area contributed by atoms with Gasteiger partial charge in [0.25, 0.3) is 0 Å². The molecule has 0 saturated heterocycles. The summed E-state index contributed by atoms with van der Waals surface area (Å²) in [4.78, 5) is 23.0. The van der Waals surface area contributed by atoms with Crippen LogP contribution in [0.5, 0.6) is 5.75 Å². The lowest BCUT2D eigenvalue weighted by molar-refractivity contribution is -0.386. The highest BCUT2D eigenvalue weighted by molar-refractivity contribution is 5.89. The summed E-state index contributed by atoms with van der Waals surface area (Å²) in [6.07, 6.45) is 0.946. The number of nitro groups is 1. The van der Waals surface area contributed by atoms with E-state index in [1.807, 2.05) is 0 Å². The Bertz CT molecular complexity index is 343. The van der Waals surface area contributed by atoms with Gasteiger partial charge in [0.1, 0.15) is 0 Å². The molecule has 0 unspecified atom stereocenters. The molecule has 13 heavy (non-hydrogen) atoms. The maximum absolute atomic E-state index is 10.4. The molecule has 1 aromatic rings. The first-order valence-corrected chi connectivity index (χ1v) is 3.09. The molecule has 0 aliphatic rings. The van der Waals surface area contributed by atoms with Crippen LogP contribution in [-0.4, -0.2) is 26.1 Å². The van der Waals surface area contributed by atoms with Crippen LogP contribution in [0.3, 0.4) is 0 Å². The zero-order valence-corrected chi connectivity index (χ0v) is 6.17. The first-order chi connectivity index (χ1) is 6.04. The predicted octanol–water partition coefficient (Wildman–Crippen LogP) is 0.394. The summed E-state index contributed by atoms with van der Waals surface area (Å²) < 4.78 is 0. The first-order valence-electron chi connectivity index (χ1n) is 3.09. The summed E-state index contributed by atoms with van der Waals surface area (Å²) in [5, 5.41) is 27.7. The maximum atomic E-state index is 10.4. The van der Waals surface area contributed by atoms with Crippen molar-refractivity contribution in [3.05, 3.63) is 28.1 Å². The summed E-state index contributed by atoms with van der Waals surface area (Å²) in [6.45, 7) is 0. The van der Waals surface area contributed by atoms with E-state index in [2.05, 4.69) is 4.98 Å². The predicted molar refractivity (Wildman–Crippen MR) is 39.5 cm³/mol. The van der Waals surface area contributed by atoms with Crippen LogP contribution < -0.4 is 0 Å². The molecule has 1 heterocycles. The summed E-state index contributed by atoms with van der Waals surface area (Å²) in [5.74, 6) is -2.44. The molecule has 0 aliphatic heterocycles. The molecule has 0 atom stereocenters. The molecule has 1 aromatic heterocycles. The normalized spacial score (nSPS) is 9.54. The van der Waals surface area contributed by atoms with Gasteiger partial charge in [0.05, 0.1) is 4.92 Å². The van der Waals surface area contributed by atoms with Gasteiger partial charge in [0, 0.05) is 12.3 Å². The highest BCUT2D eigenvalue weighted by Crippen LogP contribution is 2.27. The van der Waals surface area contributed by atoms with Gasteiger partial charge in [-0.2, -0.15) is 0 Å². The molecule has 0 amide bonds. The number of hydrogen-bond donors (Lipinski definition) is 2. The van der Waals surface area contributed by atoms with Crippen molar-refractivity contribution in [1.29, 1.82) is 0 Å². The van der Waals surface area contributed by atoms with E-state index in [1.54, 1.807) is 0 Å². The number of pyridine rings is 1. The molecule has 7 heteroatoms. The number of carboxylic acid groups (broad SMARTS) is 1. The Morgan fingerprint density at radius 1 is 1.62 bits per heavy atom. The van der Waals surface area contributed by atoms with Crippen molar-refractivity contribution in [1.82, 2.24) is 4.98 Å². The lowest BCUT2D eigenvalue weighted by Gasteiger charge is -1.97. The number of carboxylic acids is 1. The van der Waals surface area contributed by atoms with Gasteiger partial charge in [0.2, 0.25) is 5.75 Å². The largest absolute Gasteiger partial charge is 0.500 e. The molecule has 7 nitrogen and oxygen atoms in total. The van der Waals surface area contributed by atoms with Gasteiger partial charge in [-0.25, -0.2) is 9.78 Å². The number of nitrogens with zero attached hydrogens (tertiary/aromatic N) is 2. The van der Waals surface area contributed by atoms with Crippen LogP contribution >= 0.6 is 0 Å². The van der Waals surface area contributed by atoms with Crippen molar-refractivity contribution in [2.24, 2.45) is 0 Å². The molecule has 1 rings (SSSR count). The Kier molecular flexibility index (Phi) is 2.09. The molecule has 68 valence electrons. The number of aromatic carboxylic acids is 1. The van der Waals surface area contributed by atoms with Crippen molar-refractivity contribution in [3.8, 4) is 5.75 Å². The quantitative estimate of drug-likeness (QED) is 0.507. The van der Waals surface area contributed by atoms with Gasteiger partial charge in [-0.1, -0.05) is 0 Å². The minimum Gasteiger partial charge on any atom is -0.500 e. The SMILES string of the molecule is O=C(O)c1nccc([N+](=O)[O-])c1O. The monoisotopic (exact) mass is 184 g/mol. The van der Waals surface area contributed by atoms with E-state index in [1.165, 1.54) is 0 Å². The first kappa shape index (κ1) is 8.91. The lowest BCUT2D eigenvalue weighted by atomic mass is 10.3. The number of rotatable bonds is 2. The third-order valence-corrected chi connectivity index (χ3v) is 1.30. The molecule has 0 saturated carbocycles. The molecule has 0 bridgehead atoms. The third-order valence-electron chi connectivity index (χ3n) is 1.30. The third kappa shape index (κ3) is 1.53. The maximum Gasteiger partial charge on any atom is 0.358 e. The van der Waals surface area contributed by atoms with Crippen LogP contribution in [0, 0.1) is 10.1 Å². The summed E-state index contributed by atoms with van der Waals surface area (Å²) in [5.41, 5.74) is -1.40. The van der Waals surface area contributed by atoms with Crippen molar-refractivity contribution >= 4 is 11.7 Å². The van der Waals surface area contributed by atoms with Gasteiger partial charge < -0.3 is 10.2 Å². The second-order valence-electron chi connectivity index (χ2n) is 2.09. The topological polar surface area (TPSA) is 114 Å². The van der Waals surface area contributed by atoms with Gasteiger partial charge in [-0.05, 0) is 0 Å². The Labute approximate surface area is 71.4 Å². The number of aromatic nitrogens is 1. The lowest BCUT2D eigenvalue weighted by Crippen LogP contribution is -2.02. The molecule has 0 aliphatic carbocycles. The van der Waals surface area contributed by atoms with E-state index in [0.717, 1.165) is 12.3 Å². The Morgan fingerprint density at radius 2 is 2.23 bits per heavy atom. The van der Waals surface area contributed by atoms with Crippen LogP contribution in [0.15, 0.2) is 12.3 Å². The number of hydrogen-bond acceptors (Lipinski definition) is 5. The average molecular weight is 184 g/mol. The number of aromatic hydroxyl groups is 1. The highest BCUT2D eigenvalue weighted by atomic mass is 16.6. The van der Waals surface area contributed by atoms with Gasteiger partial charge in [-0.15, -0.1) is 0 Å². The van der Waals surface area contributed by atoms with E-state index in [-0.39, 0.29) is 0 Å². The Balaban J connectivity index is 3.35. The fraction of sp³-hybridized carbons (Fsp3) is 0. The van der Waals surface area contributed by atoms with Crippen LogP contribution in [0.25, 0.3) is 0 Å². The van der Waals surface area contributed by atoms with E-state index >= 15 is 0 Å². The second kappa shape index (κ2) is 3.05. The van der Waals surface area contributed by atoms with E-state index in [4.69, 9.17) is 10.2 Å². The minimum absolute atomic E-state index is 0.674. The molecule has 0 radical (unpaired) electrons. The Hall–Kier alpha value is -2.18. The van der Waals surface area contributed by atoms with Gasteiger partial charge in [0.15, 0.2) is 5.69 Å². The standard InChI is InChI=1S/C6H4N2O5/c9-5-3(8(12)13)1-2-7-4(5)6(10)11/h1-2,9H,(H,10,11). The number of carbonyl (C=O) groups is 1. The average Bonchev–Trinajstić information content (AvgIpc) is 2.03. The zero-order valence-electron chi connectivity index (χ0n) is 6.17. The highest BCUT2D eigenvalue weighted by Gasteiger charge is 2.21. The molecule has 2 N–H and O–H groups in total. The zero-order chi connectivity index (χ0) is 10.0. The van der Waals surface area contributed by atoms with Crippen molar-refractivity contribution in [2.45, 2.75) is 0 Å². The van der Waals surface area contributed by atoms with Gasteiger partial charge in [-0.3, -0.25) is 10.1 Å². The fourth-order valence-electron chi connectivity index (χ4n) is 0.748. The molecule has 0 aromatic carbocycles. The molecule has 0 spiro atoms. The van der Waals surface area contributed by atoms with Crippen LogP contribution in [0.2, 0.25) is 0 Å². The van der Waals surface area contributed by atoms with Crippen molar-refractivity contribution < 1.29 is 19.9 Å². The van der Waals surface area contributed by atoms with Crippen LogP contribution in [0.1, 0.15) is 10.5 Å². The van der Waals surface area contributed by atoms with Crippen LogP contribution in [0.4, 0.5) is 5.69 Å². The molecule has 0 fully saturated rings. The summed E-state index contributed by atoms with van der Waals surface area (Å²) >= 11 is 0. The van der Waals surface area contributed by atoms with E-state index < -0.39 is 28.0 Å². The van der Waals surface area contributed by atoms with Crippen molar-refractivity contribution in [3.63, 3.8) is 0 Å². The molecular formula is C6H4N2O5. The summed E-state index contributed by atoms with van der Waals surface area (Å²) in [7, 11) is 0. The Morgan fingerprint density at radius 3 is 2.69 bits per heavy atom. The smallest absolute Gasteiger partial charge is 0.358 e. The van der Waals surface area contributed by atoms with Crippen LogP contribution in [-0.2, 0) is 0 Å². The minimum atomic E-state index is -1.51. The van der Waals surface area contributed by atoms with E-state index in [9.17, 15) is 14.9 Å². The summed E-state index contributed by atoms with van der Waals surface area (Å²) in [6, 6.07) is 0.918.